The van der Waals surface area contributed by atoms with E-state index in [0.29, 0.717) is 23.2 Å². The third kappa shape index (κ3) is 6.57. The predicted molar refractivity (Wildman–Crippen MR) is 145 cm³/mol. The van der Waals surface area contributed by atoms with Gasteiger partial charge in [-0.25, -0.2) is 4.39 Å². The first-order chi connectivity index (χ1) is 18.9. The summed E-state index contributed by atoms with van der Waals surface area (Å²) in [5, 5.41) is 2.89. The Bertz CT molecular complexity index is 1310. The number of amides is 4. The normalized spacial score (nSPS) is 13.2. The van der Waals surface area contributed by atoms with Gasteiger partial charge in [0.05, 0.1) is 11.1 Å². The third-order valence-electron chi connectivity index (χ3n) is 6.77. The molecule has 0 fully saturated rings. The summed E-state index contributed by atoms with van der Waals surface area (Å²) < 4.78 is 14.7. The molecule has 0 unspecified atom stereocenters. The van der Waals surface area contributed by atoms with Crippen molar-refractivity contribution in [3.8, 4) is 0 Å². The van der Waals surface area contributed by atoms with Gasteiger partial charge >= 0.3 is 0 Å². The summed E-state index contributed by atoms with van der Waals surface area (Å²) in [6, 6.07) is 21.3. The Morgan fingerprint density at radius 1 is 0.897 bits per heavy atom. The molecule has 1 atom stereocenters. The van der Waals surface area contributed by atoms with Gasteiger partial charge in [-0.2, -0.15) is 0 Å². The second-order valence-corrected chi connectivity index (χ2v) is 9.52. The number of imide groups is 1. The fourth-order valence-electron chi connectivity index (χ4n) is 4.70. The van der Waals surface area contributed by atoms with E-state index in [9.17, 15) is 23.6 Å². The lowest BCUT2D eigenvalue weighted by Crippen LogP contribution is -2.50. The first kappa shape index (κ1) is 27.7. The number of benzene rings is 3. The van der Waals surface area contributed by atoms with Crippen LogP contribution in [0.1, 0.15) is 58.0 Å². The van der Waals surface area contributed by atoms with Crippen LogP contribution in [-0.2, 0) is 22.6 Å². The molecular formula is C31H32FN3O4. The first-order valence-electron chi connectivity index (χ1n) is 13.2. The Balaban J connectivity index is 1.54. The first-order valence-corrected chi connectivity index (χ1v) is 13.2. The van der Waals surface area contributed by atoms with E-state index >= 15 is 0 Å². The molecule has 8 heteroatoms. The Hall–Kier alpha value is -4.33. The molecule has 4 rings (SSSR count). The molecule has 0 aromatic heterocycles. The zero-order valence-corrected chi connectivity index (χ0v) is 21.9. The number of hydrogen-bond donors (Lipinski definition) is 1. The molecule has 0 radical (unpaired) electrons. The Morgan fingerprint density at radius 3 is 2.15 bits per heavy atom. The molecule has 1 aliphatic heterocycles. The standard InChI is InChI=1S/C31H32FN3O4/c1-2-18-33-29(37)27(20-22-11-4-3-5-12-22)35(21-23-13-6-9-16-26(23)32)28(36)17-10-19-34-30(38)24-14-7-8-15-25(24)31(34)39/h3-9,11-16,27H,2,10,17-21H2,1H3,(H,33,37)/t27-/m1/s1. The van der Waals surface area contributed by atoms with Gasteiger partial charge in [-0.1, -0.05) is 67.6 Å². The van der Waals surface area contributed by atoms with Crippen molar-refractivity contribution in [1.82, 2.24) is 15.1 Å². The Labute approximate surface area is 227 Å². The summed E-state index contributed by atoms with van der Waals surface area (Å²) in [4.78, 5) is 55.0. The number of halogens is 1. The van der Waals surface area contributed by atoms with Crippen molar-refractivity contribution in [1.29, 1.82) is 0 Å². The second-order valence-electron chi connectivity index (χ2n) is 9.52. The molecule has 0 bridgehead atoms. The molecular weight excluding hydrogens is 497 g/mol. The highest BCUT2D eigenvalue weighted by atomic mass is 19.1. The molecule has 3 aromatic rings. The van der Waals surface area contributed by atoms with E-state index in [1.165, 1.54) is 11.0 Å². The lowest BCUT2D eigenvalue weighted by molar-refractivity contribution is -0.141. The van der Waals surface area contributed by atoms with Gasteiger partial charge in [-0.05, 0) is 36.6 Å². The van der Waals surface area contributed by atoms with Crippen molar-refractivity contribution in [2.45, 2.75) is 45.2 Å². The van der Waals surface area contributed by atoms with E-state index in [0.717, 1.165) is 16.9 Å². The maximum Gasteiger partial charge on any atom is 0.261 e. The average Bonchev–Trinajstić information content (AvgIpc) is 3.20. The Morgan fingerprint density at radius 2 is 1.51 bits per heavy atom. The highest BCUT2D eigenvalue weighted by Gasteiger charge is 2.35. The highest BCUT2D eigenvalue weighted by Crippen LogP contribution is 2.23. The minimum atomic E-state index is -0.870. The number of hydrogen-bond acceptors (Lipinski definition) is 4. The highest BCUT2D eigenvalue weighted by molar-refractivity contribution is 6.21. The summed E-state index contributed by atoms with van der Waals surface area (Å²) in [6.07, 6.45) is 1.18. The van der Waals surface area contributed by atoms with Crippen LogP contribution in [0.2, 0.25) is 0 Å². The molecule has 0 saturated carbocycles. The predicted octanol–water partition coefficient (Wildman–Crippen LogP) is 4.37. The second kappa shape index (κ2) is 13.0. The molecule has 39 heavy (non-hydrogen) atoms. The van der Waals surface area contributed by atoms with Crippen molar-refractivity contribution in [3.05, 3.63) is 107 Å². The minimum Gasteiger partial charge on any atom is -0.354 e. The number of nitrogens with one attached hydrogen (secondary N) is 1. The van der Waals surface area contributed by atoms with Gasteiger partial charge in [-0.3, -0.25) is 24.1 Å². The van der Waals surface area contributed by atoms with Crippen molar-refractivity contribution in [2.75, 3.05) is 13.1 Å². The van der Waals surface area contributed by atoms with Crippen molar-refractivity contribution >= 4 is 23.6 Å². The number of carbonyl (C=O) groups is 4. The topological polar surface area (TPSA) is 86.8 Å². The lowest BCUT2D eigenvalue weighted by atomic mass is 10.0. The smallest absolute Gasteiger partial charge is 0.261 e. The van der Waals surface area contributed by atoms with Crippen molar-refractivity contribution in [2.24, 2.45) is 0 Å². The summed E-state index contributed by atoms with van der Waals surface area (Å²) in [7, 11) is 0. The summed E-state index contributed by atoms with van der Waals surface area (Å²) >= 11 is 0. The van der Waals surface area contributed by atoms with Crippen LogP contribution in [-0.4, -0.2) is 52.6 Å². The lowest BCUT2D eigenvalue weighted by Gasteiger charge is -2.32. The summed E-state index contributed by atoms with van der Waals surface area (Å²) in [5.74, 6) is -1.90. The minimum absolute atomic E-state index is 0.0196. The number of carbonyl (C=O) groups excluding carboxylic acids is 4. The largest absolute Gasteiger partial charge is 0.354 e. The number of fused-ring (bicyclic) bond motifs is 1. The van der Waals surface area contributed by atoms with Crippen LogP contribution in [0, 0.1) is 5.82 Å². The van der Waals surface area contributed by atoms with Gasteiger partial charge in [0.1, 0.15) is 11.9 Å². The quantitative estimate of drug-likeness (QED) is 0.353. The molecule has 0 spiro atoms. The molecule has 0 aliphatic carbocycles. The summed E-state index contributed by atoms with van der Waals surface area (Å²) in [5.41, 5.74) is 1.87. The third-order valence-corrected chi connectivity index (χ3v) is 6.77. The van der Waals surface area contributed by atoms with E-state index in [1.54, 1.807) is 42.5 Å². The summed E-state index contributed by atoms with van der Waals surface area (Å²) in [6.45, 7) is 2.37. The fraction of sp³-hybridized carbons (Fsp3) is 0.290. The molecule has 1 aliphatic rings. The van der Waals surface area contributed by atoms with E-state index < -0.39 is 11.9 Å². The zero-order chi connectivity index (χ0) is 27.8. The molecule has 7 nitrogen and oxygen atoms in total. The van der Waals surface area contributed by atoms with Gasteiger partial charge in [0, 0.05) is 38.0 Å². The average molecular weight is 530 g/mol. The van der Waals surface area contributed by atoms with Crippen LogP contribution in [0.3, 0.4) is 0 Å². The maximum atomic E-state index is 14.7. The van der Waals surface area contributed by atoms with Crippen molar-refractivity contribution in [3.63, 3.8) is 0 Å². The van der Waals surface area contributed by atoms with Crippen molar-refractivity contribution < 1.29 is 23.6 Å². The molecule has 0 saturated heterocycles. The molecule has 1 heterocycles. The maximum absolute atomic E-state index is 14.7. The number of nitrogens with zero attached hydrogens (tertiary/aromatic N) is 2. The van der Waals surface area contributed by atoms with Gasteiger partial charge in [0.25, 0.3) is 11.8 Å². The van der Waals surface area contributed by atoms with Crippen LogP contribution in [0.15, 0.2) is 78.9 Å². The Kier molecular flexibility index (Phi) is 9.20. The van der Waals surface area contributed by atoms with E-state index in [2.05, 4.69) is 5.32 Å². The molecule has 202 valence electrons. The van der Waals surface area contributed by atoms with E-state index in [-0.39, 0.29) is 56.0 Å². The molecule has 4 amide bonds. The number of rotatable bonds is 12. The molecule has 1 N–H and O–H groups in total. The van der Waals surface area contributed by atoms with Crippen LogP contribution in [0.4, 0.5) is 4.39 Å². The van der Waals surface area contributed by atoms with Crippen LogP contribution < -0.4 is 5.32 Å². The van der Waals surface area contributed by atoms with Gasteiger partial charge < -0.3 is 10.2 Å². The van der Waals surface area contributed by atoms with Crippen LogP contribution >= 0.6 is 0 Å². The fourth-order valence-corrected chi connectivity index (χ4v) is 4.70. The van der Waals surface area contributed by atoms with Gasteiger partial charge in [0.2, 0.25) is 11.8 Å². The molecule has 3 aromatic carbocycles. The SMILES string of the molecule is CCCNC(=O)[C@@H](Cc1ccccc1)N(Cc1ccccc1F)C(=O)CCCN1C(=O)c2ccccc2C1=O. The van der Waals surface area contributed by atoms with E-state index in [1.807, 2.05) is 37.3 Å². The monoisotopic (exact) mass is 529 g/mol. The van der Waals surface area contributed by atoms with Gasteiger partial charge in [0.15, 0.2) is 0 Å². The van der Waals surface area contributed by atoms with Crippen LogP contribution in [0.25, 0.3) is 0 Å². The van der Waals surface area contributed by atoms with Crippen LogP contribution in [0.5, 0.6) is 0 Å². The van der Waals surface area contributed by atoms with E-state index in [4.69, 9.17) is 0 Å². The van der Waals surface area contributed by atoms with Gasteiger partial charge in [-0.15, -0.1) is 0 Å². The zero-order valence-electron chi connectivity index (χ0n) is 21.9.